The van der Waals surface area contributed by atoms with E-state index in [2.05, 4.69) is 4.74 Å². The lowest BCUT2D eigenvalue weighted by Gasteiger charge is -2.08. The molecule has 0 fully saturated rings. The molecule has 0 aliphatic rings. The van der Waals surface area contributed by atoms with Crippen molar-refractivity contribution in [2.75, 3.05) is 19.5 Å². The molecule has 1 unspecified atom stereocenters. The largest absolute Gasteiger partial charge is 0.468 e. The summed E-state index contributed by atoms with van der Waals surface area (Å²) in [7, 11) is 1.29. The minimum atomic E-state index is -0.684. The molecule has 1 aromatic heterocycles. The second-order valence-electron chi connectivity index (χ2n) is 3.62. The topological polar surface area (TPSA) is 91.8 Å². The van der Waals surface area contributed by atoms with E-state index in [1.807, 2.05) is 0 Å². The van der Waals surface area contributed by atoms with Gasteiger partial charge in [0, 0.05) is 5.75 Å². The summed E-state index contributed by atoms with van der Waals surface area (Å²) in [5.41, 5.74) is 6.00. The van der Waals surface area contributed by atoms with Crippen molar-refractivity contribution in [2.24, 2.45) is 5.73 Å². The van der Waals surface area contributed by atoms with E-state index in [1.54, 1.807) is 13.0 Å². The Morgan fingerprint density at radius 2 is 2.26 bits per heavy atom. The van der Waals surface area contributed by atoms with Crippen LogP contribution in [0.4, 0.5) is 0 Å². The smallest absolute Gasteiger partial charge is 0.341 e. The van der Waals surface area contributed by atoms with Crippen molar-refractivity contribution in [3.05, 3.63) is 23.7 Å². The fourth-order valence-corrected chi connectivity index (χ4v) is 2.26. The number of nitrogens with two attached hydrogens (primary N) is 1. The number of methoxy groups -OCH3 is 1. The zero-order chi connectivity index (χ0) is 14.3. The van der Waals surface area contributed by atoms with Crippen LogP contribution in [0.2, 0.25) is 0 Å². The Labute approximate surface area is 115 Å². The Morgan fingerprint density at radius 1 is 1.53 bits per heavy atom. The summed E-state index contributed by atoms with van der Waals surface area (Å²) in [5, 5.41) is 0. The first-order chi connectivity index (χ1) is 9.10. The number of hydrogen-bond donors (Lipinski definition) is 1. The summed E-state index contributed by atoms with van der Waals surface area (Å²) < 4.78 is 14.6. The molecule has 0 aliphatic heterocycles. The third-order valence-corrected chi connectivity index (χ3v) is 3.34. The number of ether oxygens (including phenoxy) is 2. The fraction of sp³-hybridized carbons (Fsp3) is 0.500. The zero-order valence-corrected chi connectivity index (χ0v) is 11.7. The van der Waals surface area contributed by atoms with Crippen LogP contribution in [0.5, 0.6) is 0 Å². The van der Waals surface area contributed by atoms with Crippen molar-refractivity contribution >= 4 is 23.7 Å². The highest BCUT2D eigenvalue weighted by Crippen LogP contribution is 2.19. The molecule has 1 rings (SSSR count). The first-order valence-electron chi connectivity index (χ1n) is 5.74. The van der Waals surface area contributed by atoms with E-state index in [1.165, 1.54) is 25.1 Å². The van der Waals surface area contributed by atoms with Gasteiger partial charge in [0.05, 0.1) is 25.7 Å². The normalized spacial score (nSPS) is 11.9. The first-order valence-corrected chi connectivity index (χ1v) is 6.90. The highest BCUT2D eigenvalue weighted by atomic mass is 32.2. The molecular formula is C12H17NO5S. The van der Waals surface area contributed by atoms with Gasteiger partial charge in [0.2, 0.25) is 0 Å². The lowest BCUT2D eigenvalue weighted by atomic mass is 10.3. The van der Waals surface area contributed by atoms with Gasteiger partial charge in [-0.1, -0.05) is 0 Å². The molecule has 1 aromatic rings. The third-order valence-electron chi connectivity index (χ3n) is 2.28. The minimum absolute atomic E-state index is 0.309. The number of thioether (sulfide) groups is 1. The molecule has 0 saturated heterocycles. The Hall–Kier alpha value is -1.47. The second kappa shape index (κ2) is 7.85. The minimum Gasteiger partial charge on any atom is -0.468 e. The van der Waals surface area contributed by atoms with Gasteiger partial charge >= 0.3 is 11.9 Å². The Kier molecular flexibility index (Phi) is 6.44. The number of hydrogen-bond acceptors (Lipinski definition) is 7. The second-order valence-corrected chi connectivity index (χ2v) is 4.65. The summed E-state index contributed by atoms with van der Waals surface area (Å²) in [6.45, 7) is 2.05. The van der Waals surface area contributed by atoms with Crippen molar-refractivity contribution in [1.29, 1.82) is 0 Å². The third kappa shape index (κ3) is 4.60. The van der Waals surface area contributed by atoms with Crippen molar-refractivity contribution in [3.8, 4) is 0 Å². The molecule has 19 heavy (non-hydrogen) atoms. The monoisotopic (exact) mass is 287 g/mol. The molecule has 0 amide bonds. The van der Waals surface area contributed by atoms with Crippen LogP contribution in [-0.4, -0.2) is 37.4 Å². The van der Waals surface area contributed by atoms with E-state index >= 15 is 0 Å². The molecule has 7 heteroatoms. The van der Waals surface area contributed by atoms with Crippen LogP contribution >= 0.6 is 11.8 Å². The van der Waals surface area contributed by atoms with Crippen molar-refractivity contribution in [1.82, 2.24) is 0 Å². The summed E-state index contributed by atoms with van der Waals surface area (Å²) in [6.07, 6.45) is 1.43. The van der Waals surface area contributed by atoms with Gasteiger partial charge < -0.3 is 19.6 Å². The quantitative estimate of drug-likeness (QED) is 0.753. The highest BCUT2D eigenvalue weighted by molar-refractivity contribution is 7.98. The van der Waals surface area contributed by atoms with Crippen LogP contribution in [0.3, 0.4) is 0 Å². The Balaban J connectivity index is 2.48. The van der Waals surface area contributed by atoms with Gasteiger partial charge in [-0.2, -0.15) is 11.8 Å². The van der Waals surface area contributed by atoms with E-state index in [0.29, 0.717) is 29.4 Å². The predicted octanol–water partition coefficient (Wildman–Crippen LogP) is 1.19. The summed E-state index contributed by atoms with van der Waals surface area (Å²) in [4.78, 5) is 22.7. The van der Waals surface area contributed by atoms with Gasteiger partial charge in [0.25, 0.3) is 0 Å². The average molecular weight is 287 g/mol. The average Bonchev–Trinajstić information content (AvgIpc) is 2.86. The van der Waals surface area contributed by atoms with E-state index in [-0.39, 0.29) is 0 Å². The maximum Gasteiger partial charge on any atom is 0.341 e. The van der Waals surface area contributed by atoms with E-state index in [0.717, 1.165) is 0 Å². The molecule has 0 spiro atoms. The van der Waals surface area contributed by atoms with E-state index in [4.69, 9.17) is 14.9 Å². The van der Waals surface area contributed by atoms with E-state index < -0.39 is 18.0 Å². The maximum absolute atomic E-state index is 11.6. The van der Waals surface area contributed by atoms with E-state index in [9.17, 15) is 9.59 Å². The van der Waals surface area contributed by atoms with Gasteiger partial charge in [-0.05, 0) is 13.0 Å². The van der Waals surface area contributed by atoms with Crippen LogP contribution in [0.25, 0.3) is 0 Å². The fourth-order valence-electron chi connectivity index (χ4n) is 1.34. The standard InChI is InChI=1S/C12H17NO5S/c1-3-17-11(14)8-4-5-18-10(8)7-19-6-9(13)12(15)16-2/h4-5,9H,3,6-7,13H2,1-2H3. The maximum atomic E-state index is 11.6. The molecule has 0 aromatic carbocycles. The zero-order valence-electron chi connectivity index (χ0n) is 10.9. The molecule has 0 radical (unpaired) electrons. The number of carbonyl (C=O) groups is 2. The predicted molar refractivity (Wildman–Crippen MR) is 70.8 cm³/mol. The van der Waals surface area contributed by atoms with Gasteiger partial charge in [0.15, 0.2) is 0 Å². The van der Waals surface area contributed by atoms with Gasteiger partial charge in [-0.25, -0.2) is 4.79 Å². The molecular weight excluding hydrogens is 270 g/mol. The van der Waals surface area contributed by atoms with Gasteiger partial charge in [0.1, 0.15) is 17.4 Å². The number of carbonyl (C=O) groups excluding carboxylic acids is 2. The lowest BCUT2D eigenvalue weighted by molar-refractivity contribution is -0.141. The van der Waals surface area contributed by atoms with Crippen molar-refractivity contribution < 1.29 is 23.5 Å². The van der Waals surface area contributed by atoms with Gasteiger partial charge in [-0.3, -0.25) is 4.79 Å². The molecule has 1 atom stereocenters. The van der Waals surface area contributed by atoms with Crippen LogP contribution < -0.4 is 5.73 Å². The summed E-state index contributed by atoms with van der Waals surface area (Å²) in [5.74, 6) is 0.462. The van der Waals surface area contributed by atoms with Crippen LogP contribution in [-0.2, 0) is 20.0 Å². The Morgan fingerprint density at radius 3 is 2.89 bits per heavy atom. The van der Waals surface area contributed by atoms with Crippen LogP contribution in [0.15, 0.2) is 16.7 Å². The number of esters is 2. The van der Waals surface area contributed by atoms with Gasteiger partial charge in [-0.15, -0.1) is 0 Å². The molecule has 2 N–H and O–H groups in total. The molecule has 106 valence electrons. The number of rotatable bonds is 7. The molecule has 0 aliphatic carbocycles. The molecule has 0 saturated carbocycles. The Bertz CT molecular complexity index is 432. The molecule has 6 nitrogen and oxygen atoms in total. The van der Waals surface area contributed by atoms with Crippen LogP contribution in [0, 0.1) is 0 Å². The molecule has 0 bridgehead atoms. The lowest BCUT2D eigenvalue weighted by Crippen LogP contribution is -2.33. The number of furan rings is 1. The highest BCUT2D eigenvalue weighted by Gasteiger charge is 2.17. The first kappa shape index (κ1) is 15.6. The van der Waals surface area contributed by atoms with Crippen LogP contribution in [0.1, 0.15) is 23.0 Å². The summed E-state index contributed by atoms with van der Waals surface area (Å²) >= 11 is 1.39. The molecule has 1 heterocycles. The van der Waals surface area contributed by atoms with Crippen molar-refractivity contribution in [2.45, 2.75) is 18.7 Å². The van der Waals surface area contributed by atoms with Crippen molar-refractivity contribution in [3.63, 3.8) is 0 Å². The SMILES string of the molecule is CCOC(=O)c1ccoc1CSCC(N)C(=O)OC. The summed E-state index contributed by atoms with van der Waals surface area (Å²) in [6, 6.07) is 0.879.